The van der Waals surface area contributed by atoms with Crippen molar-refractivity contribution in [3.63, 3.8) is 0 Å². The molecule has 2 aromatic rings. The number of aryl methyl sites for hydroxylation is 1. The summed E-state index contributed by atoms with van der Waals surface area (Å²) in [6.45, 7) is 2.59. The zero-order valence-electron chi connectivity index (χ0n) is 15.6. The van der Waals surface area contributed by atoms with Crippen LogP contribution in [0.15, 0.2) is 54.6 Å². The molecule has 1 unspecified atom stereocenters. The Morgan fingerprint density at radius 3 is 2.73 bits per heavy atom. The van der Waals surface area contributed by atoms with E-state index in [2.05, 4.69) is 71.1 Å². The molecule has 26 heavy (non-hydrogen) atoms. The van der Waals surface area contributed by atoms with Crippen LogP contribution in [0.1, 0.15) is 42.0 Å². The van der Waals surface area contributed by atoms with Gasteiger partial charge < -0.3 is 15.5 Å². The van der Waals surface area contributed by atoms with Crippen molar-refractivity contribution in [1.29, 1.82) is 0 Å². The number of nitrogens with zero attached hydrogens (tertiary/aromatic N) is 1. The number of benzene rings is 2. The van der Waals surface area contributed by atoms with Gasteiger partial charge in [-0.1, -0.05) is 54.6 Å². The average Bonchev–Trinajstić information content (AvgIpc) is 2.66. The number of urea groups is 1. The quantitative estimate of drug-likeness (QED) is 0.744. The molecular weight excluding hydrogens is 322 g/mol. The Hall–Kier alpha value is -2.33. The topological polar surface area (TPSA) is 44.4 Å². The van der Waals surface area contributed by atoms with Crippen LogP contribution in [0.2, 0.25) is 0 Å². The van der Waals surface area contributed by atoms with Crippen LogP contribution in [0, 0.1) is 0 Å². The Morgan fingerprint density at radius 1 is 1.12 bits per heavy atom. The minimum atomic E-state index is -0.0579. The lowest BCUT2D eigenvalue weighted by Gasteiger charge is -2.26. The van der Waals surface area contributed by atoms with Gasteiger partial charge in [-0.05, 0) is 56.0 Å². The van der Waals surface area contributed by atoms with E-state index in [0.717, 1.165) is 38.8 Å². The standard InChI is InChI=1S/C22H29N3O/c1-25(17-18-9-3-2-4-10-18)16-8-15-23-22(26)24-21-14-7-12-19-11-5-6-13-20(19)21/h2-6,9-11,13,21H,7-8,12,14-17H2,1H3,(H2,23,24,26). The van der Waals surface area contributed by atoms with E-state index in [1.165, 1.54) is 16.7 Å². The molecule has 1 atom stereocenters. The van der Waals surface area contributed by atoms with Gasteiger partial charge in [0.05, 0.1) is 6.04 Å². The first kappa shape index (κ1) is 18.5. The van der Waals surface area contributed by atoms with Gasteiger partial charge in [-0.15, -0.1) is 0 Å². The highest BCUT2D eigenvalue weighted by Crippen LogP contribution is 2.29. The number of hydrogen-bond acceptors (Lipinski definition) is 2. The van der Waals surface area contributed by atoms with Crippen molar-refractivity contribution in [2.24, 2.45) is 0 Å². The molecule has 2 N–H and O–H groups in total. The minimum absolute atomic E-state index is 0.0579. The second-order valence-electron chi connectivity index (χ2n) is 7.12. The molecule has 4 heteroatoms. The van der Waals surface area contributed by atoms with Crippen LogP contribution in [0.25, 0.3) is 0 Å². The van der Waals surface area contributed by atoms with Crippen LogP contribution in [0.5, 0.6) is 0 Å². The second-order valence-corrected chi connectivity index (χ2v) is 7.12. The SMILES string of the molecule is CN(CCCNC(=O)NC1CCCc2ccccc21)Cc1ccccc1. The molecule has 0 radical (unpaired) electrons. The molecule has 1 aliphatic carbocycles. The highest BCUT2D eigenvalue weighted by molar-refractivity contribution is 5.74. The summed E-state index contributed by atoms with van der Waals surface area (Å²) in [7, 11) is 2.12. The predicted molar refractivity (Wildman–Crippen MR) is 106 cm³/mol. The number of rotatable bonds is 7. The van der Waals surface area contributed by atoms with Gasteiger partial charge in [0, 0.05) is 13.1 Å². The molecule has 2 aromatic carbocycles. The molecule has 138 valence electrons. The Morgan fingerprint density at radius 2 is 1.88 bits per heavy atom. The third kappa shape index (κ3) is 5.33. The molecule has 0 aromatic heterocycles. The molecule has 3 rings (SSSR count). The molecule has 0 heterocycles. The largest absolute Gasteiger partial charge is 0.338 e. The van der Waals surface area contributed by atoms with E-state index >= 15 is 0 Å². The Balaban J connectivity index is 1.36. The number of carbonyl (C=O) groups excluding carboxylic acids is 1. The van der Waals surface area contributed by atoms with E-state index in [9.17, 15) is 4.79 Å². The molecule has 2 amide bonds. The molecule has 0 bridgehead atoms. The van der Waals surface area contributed by atoms with Crippen LogP contribution < -0.4 is 10.6 Å². The van der Waals surface area contributed by atoms with Crippen LogP contribution in [-0.2, 0) is 13.0 Å². The summed E-state index contributed by atoms with van der Waals surface area (Å²) < 4.78 is 0. The summed E-state index contributed by atoms with van der Waals surface area (Å²) in [5.74, 6) is 0. The van der Waals surface area contributed by atoms with Gasteiger partial charge >= 0.3 is 6.03 Å². The van der Waals surface area contributed by atoms with Crippen molar-refractivity contribution < 1.29 is 4.79 Å². The maximum Gasteiger partial charge on any atom is 0.315 e. The summed E-state index contributed by atoms with van der Waals surface area (Å²) in [5, 5.41) is 6.14. The third-order valence-electron chi connectivity index (χ3n) is 4.97. The van der Waals surface area contributed by atoms with E-state index in [1.54, 1.807) is 0 Å². The fourth-order valence-electron chi connectivity index (χ4n) is 3.64. The smallest absolute Gasteiger partial charge is 0.315 e. The van der Waals surface area contributed by atoms with E-state index < -0.39 is 0 Å². The van der Waals surface area contributed by atoms with Crippen LogP contribution >= 0.6 is 0 Å². The first-order valence-corrected chi connectivity index (χ1v) is 9.57. The van der Waals surface area contributed by atoms with Crippen molar-refractivity contribution in [1.82, 2.24) is 15.5 Å². The zero-order valence-corrected chi connectivity index (χ0v) is 15.6. The summed E-state index contributed by atoms with van der Waals surface area (Å²) in [4.78, 5) is 14.5. The number of amides is 2. The molecule has 0 aliphatic heterocycles. The maximum atomic E-state index is 12.2. The van der Waals surface area contributed by atoms with Gasteiger partial charge in [-0.3, -0.25) is 0 Å². The van der Waals surface area contributed by atoms with Crippen molar-refractivity contribution in [2.45, 2.75) is 38.3 Å². The molecule has 0 fully saturated rings. The van der Waals surface area contributed by atoms with E-state index in [4.69, 9.17) is 0 Å². The van der Waals surface area contributed by atoms with Crippen molar-refractivity contribution in [3.05, 3.63) is 71.3 Å². The predicted octanol–water partition coefficient (Wildman–Crippen LogP) is 3.89. The van der Waals surface area contributed by atoms with E-state index in [0.29, 0.717) is 6.54 Å². The molecule has 0 spiro atoms. The number of nitrogens with one attached hydrogen (secondary N) is 2. The zero-order chi connectivity index (χ0) is 18.2. The van der Waals surface area contributed by atoms with Crippen LogP contribution in [-0.4, -0.2) is 31.1 Å². The van der Waals surface area contributed by atoms with Crippen molar-refractivity contribution in [3.8, 4) is 0 Å². The van der Waals surface area contributed by atoms with Gasteiger partial charge in [0.25, 0.3) is 0 Å². The Bertz CT molecular complexity index is 702. The average molecular weight is 351 g/mol. The summed E-state index contributed by atoms with van der Waals surface area (Å²) in [6.07, 6.45) is 4.21. The molecule has 0 saturated carbocycles. The minimum Gasteiger partial charge on any atom is -0.338 e. The first-order valence-electron chi connectivity index (χ1n) is 9.57. The van der Waals surface area contributed by atoms with E-state index in [-0.39, 0.29) is 12.1 Å². The monoisotopic (exact) mass is 351 g/mol. The van der Waals surface area contributed by atoms with Crippen molar-refractivity contribution >= 4 is 6.03 Å². The van der Waals surface area contributed by atoms with Crippen molar-refractivity contribution in [2.75, 3.05) is 20.1 Å². The lowest BCUT2D eigenvalue weighted by Crippen LogP contribution is -2.40. The molecule has 0 saturated heterocycles. The number of fused-ring (bicyclic) bond motifs is 1. The summed E-state index contributed by atoms with van der Waals surface area (Å²) in [5.41, 5.74) is 3.96. The van der Waals surface area contributed by atoms with Gasteiger partial charge in [0.15, 0.2) is 0 Å². The lowest BCUT2D eigenvalue weighted by molar-refractivity contribution is 0.234. The van der Waals surface area contributed by atoms with Gasteiger partial charge in [0.1, 0.15) is 0 Å². The third-order valence-corrected chi connectivity index (χ3v) is 4.97. The number of hydrogen-bond donors (Lipinski definition) is 2. The lowest BCUT2D eigenvalue weighted by atomic mass is 9.88. The summed E-state index contributed by atoms with van der Waals surface area (Å²) >= 11 is 0. The highest BCUT2D eigenvalue weighted by atomic mass is 16.2. The Labute approximate surface area is 156 Å². The summed E-state index contributed by atoms with van der Waals surface area (Å²) in [6, 6.07) is 19.0. The Kier molecular flexibility index (Phi) is 6.67. The second kappa shape index (κ2) is 9.39. The van der Waals surface area contributed by atoms with Gasteiger partial charge in [-0.2, -0.15) is 0 Å². The maximum absolute atomic E-state index is 12.2. The molecule has 4 nitrogen and oxygen atoms in total. The highest BCUT2D eigenvalue weighted by Gasteiger charge is 2.20. The number of carbonyl (C=O) groups is 1. The van der Waals surface area contributed by atoms with Crippen LogP contribution in [0.3, 0.4) is 0 Å². The van der Waals surface area contributed by atoms with Gasteiger partial charge in [-0.25, -0.2) is 4.79 Å². The fraction of sp³-hybridized carbons (Fsp3) is 0.409. The first-order chi connectivity index (χ1) is 12.7. The normalized spacial score (nSPS) is 16.2. The fourth-order valence-corrected chi connectivity index (χ4v) is 3.64. The van der Waals surface area contributed by atoms with E-state index in [1.807, 2.05) is 6.07 Å². The molecule has 1 aliphatic rings. The van der Waals surface area contributed by atoms with Crippen LogP contribution in [0.4, 0.5) is 4.79 Å². The molecular formula is C22H29N3O. The van der Waals surface area contributed by atoms with Gasteiger partial charge in [0.2, 0.25) is 0 Å².